The molecule has 2 aromatic rings. The Bertz CT molecular complexity index is 633. The Hall–Kier alpha value is -2.57. The minimum absolute atomic E-state index is 0.300. The van der Waals surface area contributed by atoms with E-state index in [2.05, 4.69) is 10.2 Å². The molecule has 0 unspecified atom stereocenters. The van der Waals surface area contributed by atoms with E-state index in [-0.39, 0.29) is 0 Å². The number of hydrogen-bond acceptors (Lipinski definition) is 4. The molecule has 4 N–H and O–H groups in total. The molecule has 20 heavy (non-hydrogen) atoms. The van der Waals surface area contributed by atoms with E-state index in [1.54, 1.807) is 12.1 Å². The lowest BCUT2D eigenvalue weighted by molar-refractivity contribution is -0.137. The summed E-state index contributed by atoms with van der Waals surface area (Å²) < 4.78 is 37.1. The molecule has 0 saturated carbocycles. The molecule has 0 aromatic heterocycles. The maximum atomic E-state index is 12.4. The Kier molecular flexibility index (Phi) is 3.60. The van der Waals surface area contributed by atoms with Crippen LogP contribution < -0.4 is 11.5 Å². The van der Waals surface area contributed by atoms with Crippen molar-refractivity contribution in [1.29, 1.82) is 0 Å². The standard InChI is InChI=1S/C13H11F3N4/c14-13(15,16)8-1-4-10(5-2-8)19-20-12-6-3-9(17)7-11(12)18/h1-7H,17-18H2. The molecule has 0 amide bonds. The van der Waals surface area contributed by atoms with Gasteiger partial charge in [0.15, 0.2) is 0 Å². The third-order valence-corrected chi connectivity index (χ3v) is 2.52. The number of alkyl halides is 3. The van der Waals surface area contributed by atoms with Crippen LogP contribution in [0.5, 0.6) is 0 Å². The number of rotatable bonds is 2. The SMILES string of the molecule is Nc1ccc(N=Nc2ccc(C(F)(F)F)cc2)c(N)c1. The average molecular weight is 280 g/mol. The first-order valence-electron chi connectivity index (χ1n) is 5.60. The van der Waals surface area contributed by atoms with E-state index in [0.29, 0.717) is 22.7 Å². The molecule has 0 saturated heterocycles. The van der Waals surface area contributed by atoms with Crippen LogP contribution in [0.4, 0.5) is 35.9 Å². The van der Waals surface area contributed by atoms with Gasteiger partial charge in [0.05, 0.1) is 16.9 Å². The highest BCUT2D eigenvalue weighted by atomic mass is 19.4. The summed E-state index contributed by atoms with van der Waals surface area (Å²) >= 11 is 0. The van der Waals surface area contributed by atoms with Gasteiger partial charge in [-0.3, -0.25) is 0 Å². The fourth-order valence-corrected chi connectivity index (χ4v) is 1.49. The van der Waals surface area contributed by atoms with Gasteiger partial charge in [0.1, 0.15) is 5.69 Å². The molecule has 2 aromatic carbocycles. The van der Waals surface area contributed by atoms with E-state index in [0.717, 1.165) is 12.1 Å². The maximum absolute atomic E-state index is 12.4. The molecule has 104 valence electrons. The number of nitrogens with zero attached hydrogens (tertiary/aromatic N) is 2. The molecular weight excluding hydrogens is 269 g/mol. The predicted octanol–water partition coefficient (Wildman–Crippen LogP) is 4.29. The summed E-state index contributed by atoms with van der Waals surface area (Å²) in [5, 5.41) is 7.70. The number of hydrogen-bond donors (Lipinski definition) is 2. The quantitative estimate of drug-likeness (QED) is 0.636. The van der Waals surface area contributed by atoms with Crippen LogP contribution in [0.25, 0.3) is 0 Å². The Labute approximate surface area is 112 Å². The summed E-state index contributed by atoms with van der Waals surface area (Å²) in [4.78, 5) is 0. The van der Waals surface area contributed by atoms with Gasteiger partial charge in [-0.15, -0.1) is 5.11 Å². The summed E-state index contributed by atoms with van der Waals surface area (Å²) in [7, 11) is 0. The number of anilines is 2. The van der Waals surface area contributed by atoms with Crippen LogP contribution in [-0.2, 0) is 6.18 Å². The van der Waals surface area contributed by atoms with E-state index in [4.69, 9.17) is 11.5 Å². The van der Waals surface area contributed by atoms with Crippen LogP contribution in [0, 0.1) is 0 Å². The zero-order valence-electron chi connectivity index (χ0n) is 10.2. The highest BCUT2D eigenvalue weighted by Crippen LogP contribution is 2.31. The molecular formula is C13H11F3N4. The topological polar surface area (TPSA) is 76.8 Å². The average Bonchev–Trinajstić information content (AvgIpc) is 2.37. The first-order chi connectivity index (χ1) is 9.36. The monoisotopic (exact) mass is 280 g/mol. The van der Waals surface area contributed by atoms with Crippen molar-refractivity contribution < 1.29 is 13.2 Å². The Morgan fingerprint density at radius 2 is 1.50 bits per heavy atom. The van der Waals surface area contributed by atoms with Crippen molar-refractivity contribution in [3.63, 3.8) is 0 Å². The van der Waals surface area contributed by atoms with E-state index < -0.39 is 11.7 Å². The Balaban J connectivity index is 2.19. The molecule has 0 heterocycles. The number of benzene rings is 2. The van der Waals surface area contributed by atoms with Gasteiger partial charge in [-0.1, -0.05) is 0 Å². The van der Waals surface area contributed by atoms with Crippen molar-refractivity contribution in [2.75, 3.05) is 11.5 Å². The molecule has 0 radical (unpaired) electrons. The van der Waals surface area contributed by atoms with Gasteiger partial charge in [0.2, 0.25) is 0 Å². The molecule has 0 spiro atoms. The molecule has 0 aliphatic heterocycles. The molecule has 0 aliphatic rings. The predicted molar refractivity (Wildman–Crippen MR) is 70.9 cm³/mol. The number of halogens is 3. The summed E-state index contributed by atoms with van der Waals surface area (Å²) in [5.74, 6) is 0. The number of azo groups is 1. The fraction of sp³-hybridized carbons (Fsp3) is 0.0769. The van der Waals surface area contributed by atoms with Crippen LogP contribution in [0.2, 0.25) is 0 Å². The van der Waals surface area contributed by atoms with Gasteiger partial charge >= 0.3 is 6.18 Å². The van der Waals surface area contributed by atoms with Crippen LogP contribution >= 0.6 is 0 Å². The van der Waals surface area contributed by atoms with E-state index in [1.807, 2.05) is 0 Å². The lowest BCUT2D eigenvalue weighted by Crippen LogP contribution is -2.03. The minimum atomic E-state index is -4.36. The summed E-state index contributed by atoms with van der Waals surface area (Å²) in [5.41, 5.74) is 12.0. The molecule has 2 rings (SSSR count). The highest BCUT2D eigenvalue weighted by molar-refractivity contribution is 5.67. The first kappa shape index (κ1) is 13.9. The van der Waals surface area contributed by atoms with Crippen LogP contribution in [-0.4, -0.2) is 0 Å². The summed E-state index contributed by atoms with van der Waals surface area (Å²) in [6.45, 7) is 0. The largest absolute Gasteiger partial charge is 0.416 e. The second-order valence-corrected chi connectivity index (χ2v) is 4.06. The van der Waals surface area contributed by atoms with E-state index >= 15 is 0 Å². The zero-order valence-corrected chi connectivity index (χ0v) is 10.2. The molecule has 0 bridgehead atoms. The van der Waals surface area contributed by atoms with Crippen molar-refractivity contribution in [2.45, 2.75) is 6.18 Å². The normalized spacial score (nSPS) is 11.9. The lowest BCUT2D eigenvalue weighted by Gasteiger charge is -2.05. The van der Waals surface area contributed by atoms with Gasteiger partial charge in [-0.2, -0.15) is 18.3 Å². The zero-order chi connectivity index (χ0) is 14.8. The third kappa shape index (κ3) is 3.25. The molecule has 4 nitrogen and oxygen atoms in total. The highest BCUT2D eigenvalue weighted by Gasteiger charge is 2.29. The second kappa shape index (κ2) is 5.20. The van der Waals surface area contributed by atoms with Crippen LogP contribution in [0.1, 0.15) is 5.56 Å². The van der Waals surface area contributed by atoms with E-state index in [9.17, 15) is 13.2 Å². The van der Waals surface area contributed by atoms with Crippen molar-refractivity contribution in [2.24, 2.45) is 10.2 Å². The molecule has 0 atom stereocenters. The van der Waals surface area contributed by atoms with E-state index in [1.165, 1.54) is 18.2 Å². The van der Waals surface area contributed by atoms with Crippen LogP contribution in [0.15, 0.2) is 52.7 Å². The van der Waals surface area contributed by atoms with Gasteiger partial charge in [0, 0.05) is 5.69 Å². The minimum Gasteiger partial charge on any atom is -0.399 e. The van der Waals surface area contributed by atoms with Crippen molar-refractivity contribution in [3.05, 3.63) is 48.0 Å². The lowest BCUT2D eigenvalue weighted by atomic mass is 10.2. The first-order valence-corrected chi connectivity index (χ1v) is 5.60. The summed E-state index contributed by atoms with van der Waals surface area (Å²) in [6.07, 6.45) is -4.36. The van der Waals surface area contributed by atoms with Crippen molar-refractivity contribution in [3.8, 4) is 0 Å². The second-order valence-electron chi connectivity index (χ2n) is 4.06. The van der Waals surface area contributed by atoms with Gasteiger partial charge in [0.25, 0.3) is 0 Å². The van der Waals surface area contributed by atoms with Crippen LogP contribution in [0.3, 0.4) is 0 Å². The Morgan fingerprint density at radius 3 is 2.05 bits per heavy atom. The van der Waals surface area contributed by atoms with Gasteiger partial charge in [-0.05, 0) is 42.5 Å². The third-order valence-electron chi connectivity index (χ3n) is 2.52. The number of nitrogens with two attached hydrogens (primary N) is 2. The Morgan fingerprint density at radius 1 is 0.850 bits per heavy atom. The smallest absolute Gasteiger partial charge is 0.399 e. The molecule has 7 heteroatoms. The van der Waals surface area contributed by atoms with Gasteiger partial charge in [-0.25, -0.2) is 0 Å². The van der Waals surface area contributed by atoms with Crippen molar-refractivity contribution >= 4 is 22.7 Å². The van der Waals surface area contributed by atoms with Gasteiger partial charge < -0.3 is 11.5 Å². The number of nitrogen functional groups attached to an aromatic ring is 2. The molecule has 0 aliphatic carbocycles. The fourth-order valence-electron chi connectivity index (χ4n) is 1.49. The molecule has 0 fully saturated rings. The maximum Gasteiger partial charge on any atom is 0.416 e. The van der Waals surface area contributed by atoms with Crippen molar-refractivity contribution in [1.82, 2.24) is 0 Å². The summed E-state index contributed by atoms with van der Waals surface area (Å²) in [6, 6.07) is 9.08.